The number of nitrogens with one attached hydrogen (secondary N) is 1. The summed E-state index contributed by atoms with van der Waals surface area (Å²) in [5.74, 6) is 0.213. The van der Waals surface area contributed by atoms with Gasteiger partial charge in [0, 0.05) is 6.54 Å². The lowest BCUT2D eigenvalue weighted by Crippen LogP contribution is -2.33. The van der Waals surface area contributed by atoms with Crippen molar-refractivity contribution in [1.82, 2.24) is 10.2 Å². The summed E-state index contributed by atoms with van der Waals surface area (Å²) in [4.78, 5) is 37.6. The van der Waals surface area contributed by atoms with Gasteiger partial charge in [0.2, 0.25) is 0 Å². The molecule has 1 fully saturated rings. The molecule has 3 amide bonds. The average Bonchev–Trinajstić information content (AvgIpc) is 2.99. The molecule has 0 radical (unpaired) electrons. The molecule has 158 valence electrons. The largest absolute Gasteiger partial charge is 0.497 e. The molecule has 0 spiro atoms. The number of carbonyl (C=O) groups excluding carboxylic acids is 3. The molecule has 1 aliphatic rings. The number of carbonyl (C=O) groups is 3. The molecule has 1 unspecified atom stereocenters. The second-order valence-corrected chi connectivity index (χ2v) is 7.07. The minimum absolute atomic E-state index is 0.00476. The maximum Gasteiger partial charge on any atom is 0.329 e. The molecule has 7 nitrogen and oxygen atoms in total. The SMILES string of the molecule is CCCCC(CC)COC(=O)CCN1C(=O)NC(=Cc2ccc(OC)cc2)C1=O. The lowest BCUT2D eigenvalue weighted by molar-refractivity contribution is -0.145. The van der Waals surface area contributed by atoms with Gasteiger partial charge in [-0.2, -0.15) is 0 Å². The smallest absolute Gasteiger partial charge is 0.329 e. The van der Waals surface area contributed by atoms with Gasteiger partial charge < -0.3 is 14.8 Å². The Labute approximate surface area is 172 Å². The number of hydrogen-bond acceptors (Lipinski definition) is 5. The van der Waals surface area contributed by atoms with Crippen LogP contribution >= 0.6 is 0 Å². The highest BCUT2D eigenvalue weighted by atomic mass is 16.5. The standard InChI is InChI=1S/C22H30N2O5/c1-4-6-7-16(5-2)15-29-20(25)12-13-24-21(26)19(23-22(24)27)14-17-8-10-18(28-3)11-9-17/h8-11,14,16H,4-7,12-13,15H2,1-3H3,(H,23,27). The number of amides is 3. The highest BCUT2D eigenvalue weighted by Gasteiger charge is 2.33. The number of ether oxygens (including phenoxy) is 2. The van der Waals surface area contributed by atoms with E-state index in [4.69, 9.17) is 9.47 Å². The van der Waals surface area contributed by atoms with Gasteiger partial charge in [0.15, 0.2) is 0 Å². The Kier molecular flexibility index (Phi) is 8.70. The van der Waals surface area contributed by atoms with E-state index < -0.39 is 17.9 Å². The van der Waals surface area contributed by atoms with E-state index in [-0.39, 0.29) is 18.7 Å². The average molecular weight is 402 g/mol. The first-order valence-electron chi connectivity index (χ1n) is 10.1. The Bertz CT molecular complexity index is 742. The van der Waals surface area contributed by atoms with E-state index in [1.165, 1.54) is 0 Å². The summed E-state index contributed by atoms with van der Waals surface area (Å²) in [6.07, 6.45) is 5.80. The number of imide groups is 1. The van der Waals surface area contributed by atoms with E-state index >= 15 is 0 Å². The van der Waals surface area contributed by atoms with Crippen molar-refractivity contribution in [2.45, 2.75) is 46.0 Å². The highest BCUT2D eigenvalue weighted by Crippen LogP contribution is 2.18. The number of esters is 1. The van der Waals surface area contributed by atoms with Gasteiger partial charge >= 0.3 is 12.0 Å². The van der Waals surface area contributed by atoms with Gasteiger partial charge in [-0.05, 0) is 36.1 Å². The fourth-order valence-electron chi connectivity index (χ4n) is 3.03. The maximum absolute atomic E-state index is 12.5. The van der Waals surface area contributed by atoms with Crippen LogP contribution in [0.3, 0.4) is 0 Å². The molecule has 0 aliphatic carbocycles. The van der Waals surface area contributed by atoms with E-state index in [9.17, 15) is 14.4 Å². The summed E-state index contributed by atoms with van der Waals surface area (Å²) in [5, 5.41) is 2.55. The topological polar surface area (TPSA) is 84.9 Å². The maximum atomic E-state index is 12.5. The van der Waals surface area contributed by atoms with Gasteiger partial charge in [0.05, 0.1) is 20.1 Å². The second kappa shape index (κ2) is 11.2. The van der Waals surface area contributed by atoms with Crippen LogP contribution < -0.4 is 10.1 Å². The molecule has 0 bridgehead atoms. The number of hydrogen-bond donors (Lipinski definition) is 1. The molecule has 1 saturated heterocycles. The number of urea groups is 1. The third kappa shape index (κ3) is 6.62. The van der Waals surface area contributed by atoms with Crippen LogP contribution in [0, 0.1) is 5.92 Å². The summed E-state index contributed by atoms with van der Waals surface area (Å²) >= 11 is 0. The molecule has 0 saturated carbocycles. The highest BCUT2D eigenvalue weighted by molar-refractivity contribution is 6.14. The van der Waals surface area contributed by atoms with Crippen molar-refractivity contribution in [3.63, 3.8) is 0 Å². The van der Waals surface area contributed by atoms with Crippen LogP contribution in [-0.4, -0.2) is 43.1 Å². The minimum Gasteiger partial charge on any atom is -0.497 e. The summed E-state index contributed by atoms with van der Waals surface area (Å²) in [6.45, 7) is 4.60. The fourth-order valence-corrected chi connectivity index (χ4v) is 3.03. The van der Waals surface area contributed by atoms with Gasteiger partial charge in [-0.3, -0.25) is 14.5 Å². The number of rotatable bonds is 11. The number of methoxy groups -OCH3 is 1. The predicted octanol–water partition coefficient (Wildman–Crippen LogP) is 3.74. The molecular weight excluding hydrogens is 372 g/mol. The molecule has 1 atom stereocenters. The Balaban J connectivity index is 1.86. The summed E-state index contributed by atoms with van der Waals surface area (Å²) in [6, 6.07) is 6.58. The van der Waals surface area contributed by atoms with Crippen LogP contribution in [0.1, 0.15) is 51.5 Å². The zero-order valence-corrected chi connectivity index (χ0v) is 17.4. The predicted molar refractivity (Wildman–Crippen MR) is 110 cm³/mol. The van der Waals surface area contributed by atoms with Crippen molar-refractivity contribution in [3.8, 4) is 5.75 Å². The molecular formula is C22H30N2O5. The van der Waals surface area contributed by atoms with E-state index in [0.717, 1.165) is 36.1 Å². The molecule has 1 aromatic carbocycles. The molecule has 1 aliphatic heterocycles. The van der Waals surface area contributed by atoms with Crippen molar-refractivity contribution < 1.29 is 23.9 Å². The van der Waals surface area contributed by atoms with Crippen molar-refractivity contribution in [2.75, 3.05) is 20.3 Å². The first-order chi connectivity index (χ1) is 14.0. The van der Waals surface area contributed by atoms with Gasteiger partial charge in [0.1, 0.15) is 11.4 Å². The van der Waals surface area contributed by atoms with Crippen LogP contribution in [0.15, 0.2) is 30.0 Å². The molecule has 1 aromatic rings. The van der Waals surface area contributed by atoms with E-state index in [0.29, 0.717) is 18.3 Å². The van der Waals surface area contributed by atoms with Crippen molar-refractivity contribution in [1.29, 1.82) is 0 Å². The summed E-state index contributed by atoms with van der Waals surface area (Å²) < 4.78 is 10.4. The van der Waals surface area contributed by atoms with Crippen LogP contribution in [0.25, 0.3) is 6.08 Å². The molecule has 1 heterocycles. The Morgan fingerprint density at radius 1 is 1.21 bits per heavy atom. The first-order valence-corrected chi connectivity index (χ1v) is 10.1. The summed E-state index contributed by atoms with van der Waals surface area (Å²) in [5.41, 5.74) is 0.938. The Hall–Kier alpha value is -2.83. The minimum atomic E-state index is -0.531. The Morgan fingerprint density at radius 3 is 2.55 bits per heavy atom. The monoisotopic (exact) mass is 402 g/mol. The normalized spacial score (nSPS) is 16.1. The van der Waals surface area contributed by atoms with Crippen LogP contribution in [0.2, 0.25) is 0 Å². The van der Waals surface area contributed by atoms with Crippen molar-refractivity contribution in [3.05, 3.63) is 35.5 Å². The van der Waals surface area contributed by atoms with Crippen LogP contribution in [0.5, 0.6) is 5.75 Å². The molecule has 2 rings (SSSR count). The van der Waals surface area contributed by atoms with Crippen molar-refractivity contribution in [2.24, 2.45) is 5.92 Å². The van der Waals surface area contributed by atoms with Crippen LogP contribution in [-0.2, 0) is 14.3 Å². The van der Waals surface area contributed by atoms with E-state index in [1.54, 1.807) is 37.5 Å². The van der Waals surface area contributed by atoms with Gasteiger partial charge in [-0.1, -0.05) is 45.2 Å². The van der Waals surface area contributed by atoms with Gasteiger partial charge in [-0.15, -0.1) is 0 Å². The van der Waals surface area contributed by atoms with Crippen LogP contribution in [0.4, 0.5) is 4.79 Å². The zero-order chi connectivity index (χ0) is 21.2. The number of unbranched alkanes of at least 4 members (excludes halogenated alkanes) is 1. The lowest BCUT2D eigenvalue weighted by atomic mass is 10.0. The quantitative estimate of drug-likeness (QED) is 0.346. The molecule has 0 aromatic heterocycles. The Morgan fingerprint density at radius 2 is 1.93 bits per heavy atom. The third-order valence-corrected chi connectivity index (χ3v) is 4.95. The van der Waals surface area contributed by atoms with Gasteiger partial charge in [-0.25, -0.2) is 4.79 Å². The molecule has 1 N–H and O–H groups in total. The zero-order valence-electron chi connectivity index (χ0n) is 17.4. The van der Waals surface area contributed by atoms with E-state index in [2.05, 4.69) is 19.2 Å². The number of nitrogens with zero attached hydrogens (tertiary/aromatic N) is 1. The summed E-state index contributed by atoms with van der Waals surface area (Å²) in [7, 11) is 1.57. The number of benzene rings is 1. The molecule has 29 heavy (non-hydrogen) atoms. The second-order valence-electron chi connectivity index (χ2n) is 7.07. The fraction of sp³-hybridized carbons (Fsp3) is 0.500. The first kappa shape index (κ1) is 22.5. The van der Waals surface area contributed by atoms with Crippen molar-refractivity contribution >= 4 is 24.0 Å². The third-order valence-electron chi connectivity index (χ3n) is 4.95. The van der Waals surface area contributed by atoms with Gasteiger partial charge in [0.25, 0.3) is 5.91 Å². The molecule has 7 heteroatoms. The lowest BCUT2D eigenvalue weighted by Gasteiger charge is -2.15. The van der Waals surface area contributed by atoms with E-state index in [1.807, 2.05) is 0 Å².